The maximum absolute atomic E-state index is 12.3. The van der Waals surface area contributed by atoms with Gasteiger partial charge >= 0.3 is 0 Å². The fourth-order valence-electron chi connectivity index (χ4n) is 2.99. The fraction of sp³-hybridized carbons (Fsp3) is 0.368. The van der Waals surface area contributed by atoms with Gasteiger partial charge in [-0.15, -0.1) is 0 Å². The summed E-state index contributed by atoms with van der Waals surface area (Å²) in [5.74, 6) is 1.76. The average Bonchev–Trinajstić information content (AvgIpc) is 2.67. The molecule has 0 radical (unpaired) electrons. The molecular formula is C19H23N3O2. The molecule has 2 heterocycles. The van der Waals surface area contributed by atoms with E-state index in [1.165, 1.54) is 0 Å². The second kappa shape index (κ2) is 7.81. The van der Waals surface area contributed by atoms with Gasteiger partial charge < -0.3 is 14.5 Å². The summed E-state index contributed by atoms with van der Waals surface area (Å²) in [6.45, 7) is 1.92. The lowest BCUT2D eigenvalue weighted by Gasteiger charge is -2.37. The quantitative estimate of drug-likeness (QED) is 0.848. The Balaban J connectivity index is 1.47. The second-order valence-corrected chi connectivity index (χ2v) is 6.01. The van der Waals surface area contributed by atoms with Crippen molar-refractivity contribution in [1.29, 1.82) is 0 Å². The van der Waals surface area contributed by atoms with Crippen LogP contribution in [0.25, 0.3) is 0 Å². The molecule has 2 aromatic rings. The van der Waals surface area contributed by atoms with E-state index in [1.54, 1.807) is 0 Å². The number of pyridine rings is 1. The molecular weight excluding hydrogens is 302 g/mol. The Morgan fingerprint density at radius 1 is 1.17 bits per heavy atom. The van der Waals surface area contributed by atoms with Crippen LogP contribution in [0.1, 0.15) is 12.8 Å². The number of piperidine rings is 1. The van der Waals surface area contributed by atoms with Gasteiger partial charge in [-0.1, -0.05) is 24.3 Å². The summed E-state index contributed by atoms with van der Waals surface area (Å²) < 4.78 is 5.56. The molecule has 1 aromatic heterocycles. The molecule has 24 heavy (non-hydrogen) atoms. The fourth-order valence-corrected chi connectivity index (χ4v) is 2.99. The molecule has 1 saturated heterocycles. The minimum atomic E-state index is 0.0233. The van der Waals surface area contributed by atoms with Gasteiger partial charge in [0, 0.05) is 32.4 Å². The highest BCUT2D eigenvalue weighted by atomic mass is 16.5. The number of anilines is 1. The Labute approximate surface area is 142 Å². The van der Waals surface area contributed by atoms with Crippen molar-refractivity contribution in [2.75, 3.05) is 31.6 Å². The number of carbonyl (C=O) groups is 1. The summed E-state index contributed by atoms with van der Waals surface area (Å²) in [5, 5.41) is 0. The van der Waals surface area contributed by atoms with Crippen molar-refractivity contribution in [2.24, 2.45) is 0 Å². The van der Waals surface area contributed by atoms with E-state index in [9.17, 15) is 4.79 Å². The zero-order valence-corrected chi connectivity index (χ0v) is 14.0. The van der Waals surface area contributed by atoms with E-state index in [1.807, 2.05) is 66.7 Å². The molecule has 0 aliphatic carbocycles. The Kier molecular flexibility index (Phi) is 5.31. The van der Waals surface area contributed by atoms with Gasteiger partial charge in [0.1, 0.15) is 11.6 Å². The normalized spacial score (nSPS) is 15.1. The minimum absolute atomic E-state index is 0.0233. The molecule has 0 unspecified atom stereocenters. The van der Waals surface area contributed by atoms with Crippen molar-refractivity contribution < 1.29 is 9.53 Å². The van der Waals surface area contributed by atoms with Gasteiger partial charge in [-0.3, -0.25) is 4.79 Å². The van der Waals surface area contributed by atoms with E-state index >= 15 is 0 Å². The second-order valence-electron chi connectivity index (χ2n) is 6.01. The summed E-state index contributed by atoms with van der Waals surface area (Å²) in [7, 11) is 1.87. The predicted molar refractivity (Wildman–Crippen MR) is 94.2 cm³/mol. The molecule has 5 heteroatoms. The van der Waals surface area contributed by atoms with Gasteiger partial charge in [-0.05, 0) is 37.1 Å². The largest absolute Gasteiger partial charge is 0.484 e. The predicted octanol–water partition coefficient (Wildman–Crippen LogP) is 2.59. The molecule has 1 aliphatic rings. The van der Waals surface area contributed by atoms with Gasteiger partial charge in [0.15, 0.2) is 6.61 Å². The van der Waals surface area contributed by atoms with Gasteiger partial charge in [-0.2, -0.15) is 0 Å². The molecule has 5 nitrogen and oxygen atoms in total. The Hall–Kier alpha value is -2.56. The van der Waals surface area contributed by atoms with Crippen LogP contribution in [0, 0.1) is 0 Å². The molecule has 0 N–H and O–H groups in total. The number of nitrogens with zero attached hydrogens (tertiary/aromatic N) is 3. The summed E-state index contributed by atoms with van der Waals surface area (Å²) >= 11 is 0. The highest BCUT2D eigenvalue weighted by molar-refractivity contribution is 5.77. The highest BCUT2D eigenvalue weighted by Gasteiger charge is 2.26. The third kappa shape index (κ3) is 4.04. The lowest BCUT2D eigenvalue weighted by molar-refractivity contribution is -0.134. The van der Waals surface area contributed by atoms with Gasteiger partial charge in [-0.25, -0.2) is 4.98 Å². The first kappa shape index (κ1) is 16.3. The van der Waals surface area contributed by atoms with Crippen LogP contribution in [0.5, 0.6) is 5.75 Å². The number of likely N-dealkylation sites (N-methyl/N-ethyl adjacent to an activating group) is 1. The minimum Gasteiger partial charge on any atom is -0.484 e. The molecule has 0 atom stereocenters. The van der Waals surface area contributed by atoms with Gasteiger partial charge in [0.2, 0.25) is 0 Å². The first-order valence-corrected chi connectivity index (χ1v) is 8.33. The summed E-state index contributed by atoms with van der Waals surface area (Å²) in [5.41, 5.74) is 0. The smallest absolute Gasteiger partial charge is 0.260 e. The number of ether oxygens (including phenoxy) is 1. The molecule has 1 aromatic carbocycles. The summed E-state index contributed by atoms with van der Waals surface area (Å²) in [4.78, 5) is 20.8. The zero-order valence-electron chi connectivity index (χ0n) is 14.0. The average molecular weight is 325 g/mol. The van der Waals surface area contributed by atoms with Crippen LogP contribution < -0.4 is 9.64 Å². The zero-order chi connectivity index (χ0) is 16.8. The maximum Gasteiger partial charge on any atom is 0.260 e. The number of amides is 1. The lowest BCUT2D eigenvalue weighted by atomic mass is 10.0. The number of carbonyl (C=O) groups excluding carboxylic acids is 1. The lowest BCUT2D eigenvalue weighted by Crippen LogP contribution is -2.47. The molecule has 0 bridgehead atoms. The molecule has 1 aliphatic heterocycles. The molecule has 1 amide bonds. The van der Waals surface area contributed by atoms with Crippen LogP contribution in [-0.4, -0.2) is 48.6 Å². The first-order valence-electron chi connectivity index (χ1n) is 8.33. The summed E-state index contributed by atoms with van der Waals surface area (Å²) in [6, 6.07) is 15.7. The monoisotopic (exact) mass is 325 g/mol. The van der Waals surface area contributed by atoms with Crippen LogP contribution in [0.2, 0.25) is 0 Å². The van der Waals surface area contributed by atoms with Crippen molar-refractivity contribution in [3.63, 3.8) is 0 Å². The van der Waals surface area contributed by atoms with Crippen molar-refractivity contribution in [2.45, 2.75) is 18.9 Å². The van der Waals surface area contributed by atoms with E-state index < -0.39 is 0 Å². The highest BCUT2D eigenvalue weighted by Crippen LogP contribution is 2.20. The molecule has 126 valence electrons. The number of hydrogen-bond donors (Lipinski definition) is 0. The van der Waals surface area contributed by atoms with Crippen molar-refractivity contribution in [3.05, 3.63) is 54.7 Å². The topological polar surface area (TPSA) is 45.7 Å². The van der Waals surface area contributed by atoms with Crippen molar-refractivity contribution >= 4 is 11.7 Å². The van der Waals surface area contributed by atoms with E-state index in [0.29, 0.717) is 0 Å². The van der Waals surface area contributed by atoms with Crippen LogP contribution in [-0.2, 0) is 4.79 Å². The Morgan fingerprint density at radius 3 is 2.54 bits per heavy atom. The Bertz CT molecular complexity index is 640. The number of benzene rings is 1. The van der Waals surface area contributed by atoms with Crippen molar-refractivity contribution in [3.8, 4) is 5.75 Å². The third-order valence-corrected chi connectivity index (χ3v) is 4.48. The standard InChI is InChI=1S/C19H23N3O2/c1-21(19(23)15-24-17-7-3-2-4-8-17)16-10-13-22(14-11-16)18-9-5-6-12-20-18/h2-9,12,16H,10-11,13-15H2,1H3. The SMILES string of the molecule is CN(C(=O)COc1ccccc1)C1CCN(c2ccccn2)CC1. The Morgan fingerprint density at radius 2 is 1.88 bits per heavy atom. The third-order valence-electron chi connectivity index (χ3n) is 4.48. The summed E-state index contributed by atoms with van der Waals surface area (Å²) in [6.07, 6.45) is 3.71. The van der Waals surface area contributed by atoms with Gasteiger partial charge in [0.05, 0.1) is 0 Å². The van der Waals surface area contributed by atoms with E-state index in [-0.39, 0.29) is 18.6 Å². The number of para-hydroxylation sites is 1. The maximum atomic E-state index is 12.3. The van der Waals surface area contributed by atoms with Crippen LogP contribution in [0.3, 0.4) is 0 Å². The van der Waals surface area contributed by atoms with Crippen LogP contribution >= 0.6 is 0 Å². The van der Waals surface area contributed by atoms with Crippen LogP contribution in [0.15, 0.2) is 54.7 Å². The molecule has 0 spiro atoms. The van der Waals surface area contributed by atoms with E-state index in [2.05, 4.69) is 9.88 Å². The number of aromatic nitrogens is 1. The number of rotatable bonds is 5. The van der Waals surface area contributed by atoms with Gasteiger partial charge in [0.25, 0.3) is 5.91 Å². The molecule has 3 rings (SSSR count). The van der Waals surface area contributed by atoms with Crippen molar-refractivity contribution in [1.82, 2.24) is 9.88 Å². The first-order chi connectivity index (χ1) is 11.7. The molecule has 1 fully saturated rings. The van der Waals surface area contributed by atoms with Crippen LogP contribution in [0.4, 0.5) is 5.82 Å². The number of hydrogen-bond acceptors (Lipinski definition) is 4. The van der Waals surface area contributed by atoms with E-state index in [0.717, 1.165) is 37.5 Å². The molecule has 0 saturated carbocycles. The van der Waals surface area contributed by atoms with E-state index in [4.69, 9.17) is 4.74 Å².